The maximum absolute atomic E-state index is 13.2. The fourth-order valence-electron chi connectivity index (χ4n) is 0.736. The van der Waals surface area contributed by atoms with Gasteiger partial charge in [-0.1, -0.05) is 5.16 Å². The molecule has 1 rings (SSSR count). The van der Waals surface area contributed by atoms with Crippen LogP contribution in [0.25, 0.3) is 0 Å². The Labute approximate surface area is 78.0 Å². The highest BCUT2D eigenvalue weighted by molar-refractivity contribution is 7.83. The van der Waals surface area contributed by atoms with Gasteiger partial charge in [0.15, 0.2) is 11.5 Å². The molecule has 0 bridgehead atoms. The first-order valence-electron chi connectivity index (χ1n) is 3.71. The van der Waals surface area contributed by atoms with Gasteiger partial charge in [-0.25, -0.2) is 4.39 Å². The van der Waals surface area contributed by atoms with E-state index in [1.165, 1.54) is 20.1 Å². The summed E-state index contributed by atoms with van der Waals surface area (Å²) in [5.41, 5.74) is -1.64. The number of aromatic nitrogens is 2. The molecule has 6 heteroatoms. The Hall–Kier alpha value is -0.780. The maximum Gasteiger partial charge on any atom is 0.263 e. The Morgan fingerprint density at radius 1 is 1.62 bits per heavy atom. The molecule has 0 aliphatic heterocycles. The predicted molar refractivity (Wildman–Crippen MR) is 46.2 cm³/mol. The lowest BCUT2D eigenvalue weighted by molar-refractivity contribution is 0.155. The molecule has 1 aromatic heterocycles. The number of hydrogen-bond donors (Lipinski definition) is 0. The summed E-state index contributed by atoms with van der Waals surface area (Å²) in [6, 6.07) is 0. The predicted octanol–water partition coefficient (Wildman–Crippen LogP) is 1.15. The zero-order valence-corrected chi connectivity index (χ0v) is 8.52. The molecule has 1 aromatic rings. The molecule has 0 N–H and O–H groups in total. The molecule has 0 aromatic carbocycles. The van der Waals surface area contributed by atoms with Gasteiger partial charge in [-0.15, -0.1) is 0 Å². The van der Waals surface area contributed by atoms with E-state index in [1.807, 2.05) is 0 Å². The van der Waals surface area contributed by atoms with E-state index in [0.717, 1.165) is 0 Å². The summed E-state index contributed by atoms with van der Waals surface area (Å²) in [7, 11) is -1.04. The molecule has 0 radical (unpaired) electrons. The second-order valence-electron chi connectivity index (χ2n) is 3.21. The minimum atomic E-state index is -1.64. The molecular weight excluding hydrogens is 195 g/mol. The second-order valence-corrected chi connectivity index (χ2v) is 4.64. The molecule has 1 unspecified atom stereocenters. The van der Waals surface area contributed by atoms with Gasteiger partial charge in [-0.2, -0.15) is 4.98 Å². The second kappa shape index (κ2) is 3.53. The van der Waals surface area contributed by atoms with Crippen molar-refractivity contribution in [2.24, 2.45) is 0 Å². The molecule has 1 atom stereocenters. The van der Waals surface area contributed by atoms with Crippen molar-refractivity contribution >= 4 is 10.8 Å². The Balaban J connectivity index is 2.81. The van der Waals surface area contributed by atoms with Gasteiger partial charge < -0.3 is 4.52 Å². The minimum absolute atomic E-state index is 0.0760. The first kappa shape index (κ1) is 10.3. The van der Waals surface area contributed by atoms with Crippen molar-refractivity contribution in [1.29, 1.82) is 0 Å². The smallest absolute Gasteiger partial charge is 0.263 e. The summed E-state index contributed by atoms with van der Waals surface area (Å²) in [5, 5.41) is 3.50. The number of halogens is 1. The highest BCUT2D eigenvalue weighted by atomic mass is 32.2. The van der Waals surface area contributed by atoms with Crippen LogP contribution >= 0.6 is 0 Å². The van der Waals surface area contributed by atoms with Gasteiger partial charge in [0, 0.05) is 17.1 Å². The zero-order valence-electron chi connectivity index (χ0n) is 7.70. The van der Waals surface area contributed by atoms with Crippen molar-refractivity contribution in [1.82, 2.24) is 10.1 Å². The van der Waals surface area contributed by atoms with Crippen LogP contribution in [-0.2, 0) is 22.2 Å². The summed E-state index contributed by atoms with van der Waals surface area (Å²) in [5.74, 6) is 0.397. The van der Waals surface area contributed by atoms with Crippen LogP contribution in [0.3, 0.4) is 0 Å². The summed E-state index contributed by atoms with van der Waals surface area (Å²) in [6.45, 7) is 2.65. The summed E-state index contributed by atoms with van der Waals surface area (Å²) in [4.78, 5) is 3.78. The van der Waals surface area contributed by atoms with E-state index in [4.69, 9.17) is 0 Å². The van der Waals surface area contributed by atoms with E-state index in [-0.39, 0.29) is 17.5 Å². The third kappa shape index (κ3) is 2.87. The lowest BCUT2D eigenvalue weighted by Gasteiger charge is -2.05. The summed E-state index contributed by atoms with van der Waals surface area (Å²) >= 11 is 0. The normalized spacial score (nSPS) is 14.5. The van der Waals surface area contributed by atoms with Crippen molar-refractivity contribution in [3.05, 3.63) is 11.7 Å². The Bertz CT molecular complexity index is 319. The SMILES string of the molecule is CS(=O)Cc1noc(C(C)(C)F)n1. The number of rotatable bonds is 3. The van der Waals surface area contributed by atoms with Crippen LogP contribution in [0, 0.1) is 0 Å². The van der Waals surface area contributed by atoms with Crippen molar-refractivity contribution in [2.45, 2.75) is 25.3 Å². The molecule has 0 amide bonds. The Morgan fingerprint density at radius 3 is 2.62 bits per heavy atom. The monoisotopic (exact) mass is 206 g/mol. The third-order valence-corrected chi connectivity index (χ3v) is 1.97. The topological polar surface area (TPSA) is 56.0 Å². The van der Waals surface area contributed by atoms with Gasteiger partial charge in [0.2, 0.25) is 0 Å². The van der Waals surface area contributed by atoms with Gasteiger partial charge >= 0.3 is 0 Å². The van der Waals surface area contributed by atoms with Gasteiger partial charge in [0.1, 0.15) is 0 Å². The van der Waals surface area contributed by atoms with Crippen LogP contribution in [0.2, 0.25) is 0 Å². The number of hydrogen-bond acceptors (Lipinski definition) is 4. The highest BCUT2D eigenvalue weighted by Crippen LogP contribution is 2.22. The van der Waals surface area contributed by atoms with Gasteiger partial charge in [0.25, 0.3) is 5.89 Å². The van der Waals surface area contributed by atoms with E-state index < -0.39 is 16.5 Å². The average molecular weight is 206 g/mol. The van der Waals surface area contributed by atoms with E-state index in [0.29, 0.717) is 0 Å². The van der Waals surface area contributed by atoms with Crippen molar-refractivity contribution in [3.8, 4) is 0 Å². The van der Waals surface area contributed by atoms with Crippen LogP contribution in [-0.4, -0.2) is 20.6 Å². The molecule has 1 heterocycles. The fraction of sp³-hybridized carbons (Fsp3) is 0.714. The molecule has 13 heavy (non-hydrogen) atoms. The van der Waals surface area contributed by atoms with E-state index in [9.17, 15) is 8.60 Å². The van der Waals surface area contributed by atoms with Crippen LogP contribution in [0.1, 0.15) is 25.6 Å². The average Bonchev–Trinajstić information content (AvgIpc) is 2.32. The van der Waals surface area contributed by atoms with Crippen LogP contribution < -0.4 is 0 Å². The molecule has 0 spiro atoms. The third-order valence-electron chi connectivity index (χ3n) is 1.31. The minimum Gasteiger partial charge on any atom is -0.336 e. The van der Waals surface area contributed by atoms with Crippen LogP contribution in [0.4, 0.5) is 4.39 Å². The number of alkyl halides is 1. The lowest BCUT2D eigenvalue weighted by Crippen LogP contribution is -2.09. The van der Waals surface area contributed by atoms with Gasteiger partial charge in [-0.3, -0.25) is 4.21 Å². The Morgan fingerprint density at radius 2 is 2.23 bits per heavy atom. The van der Waals surface area contributed by atoms with E-state index >= 15 is 0 Å². The first-order chi connectivity index (χ1) is 5.89. The van der Waals surface area contributed by atoms with E-state index in [1.54, 1.807) is 0 Å². The molecule has 74 valence electrons. The number of nitrogens with zero attached hydrogens (tertiary/aromatic N) is 2. The molecule has 0 aliphatic carbocycles. The zero-order chi connectivity index (χ0) is 10.1. The molecule has 0 saturated carbocycles. The summed E-state index contributed by atoms with van der Waals surface area (Å²) in [6.07, 6.45) is 1.52. The maximum atomic E-state index is 13.2. The highest BCUT2D eigenvalue weighted by Gasteiger charge is 2.26. The standard InChI is InChI=1S/C7H11FN2O2S/c1-7(2,8)6-9-5(10-12-6)4-13(3)11/h4H2,1-3H3. The molecule has 0 saturated heterocycles. The van der Waals surface area contributed by atoms with Crippen LogP contribution in [0.5, 0.6) is 0 Å². The molecular formula is C7H11FN2O2S. The molecule has 0 fully saturated rings. The van der Waals surface area contributed by atoms with Gasteiger partial charge in [0.05, 0.1) is 5.75 Å². The summed E-state index contributed by atoms with van der Waals surface area (Å²) < 4.78 is 28.6. The van der Waals surface area contributed by atoms with Crippen molar-refractivity contribution in [3.63, 3.8) is 0 Å². The quantitative estimate of drug-likeness (QED) is 0.744. The van der Waals surface area contributed by atoms with Crippen LogP contribution in [0.15, 0.2) is 4.52 Å². The molecule has 4 nitrogen and oxygen atoms in total. The molecule has 0 aliphatic rings. The van der Waals surface area contributed by atoms with E-state index in [2.05, 4.69) is 14.7 Å². The van der Waals surface area contributed by atoms with Gasteiger partial charge in [-0.05, 0) is 13.8 Å². The fourth-order valence-corrected chi connectivity index (χ4v) is 1.22. The lowest BCUT2D eigenvalue weighted by atomic mass is 10.2. The largest absolute Gasteiger partial charge is 0.336 e. The van der Waals surface area contributed by atoms with Crippen molar-refractivity contribution < 1.29 is 13.1 Å². The van der Waals surface area contributed by atoms with Crippen molar-refractivity contribution in [2.75, 3.05) is 6.26 Å². The first-order valence-corrected chi connectivity index (χ1v) is 5.44. The Kier molecular flexibility index (Phi) is 2.80.